The number of nitrogens with one attached hydrogen (secondary N) is 3. The fraction of sp³-hybridized carbons (Fsp3) is 0.214. The van der Waals surface area contributed by atoms with Gasteiger partial charge in [-0.15, -0.1) is 0 Å². The molecule has 5 rings (SSSR count). The number of fused-ring (bicyclic) bond motifs is 1. The molecule has 0 bridgehead atoms. The number of rotatable bonds is 7. The number of nitrogens with zero attached hydrogens (tertiary/aromatic N) is 1. The van der Waals surface area contributed by atoms with Crippen LogP contribution in [-0.4, -0.2) is 49.1 Å². The van der Waals surface area contributed by atoms with Gasteiger partial charge in [0, 0.05) is 53.5 Å². The molecular weight excluding hydrogens is 459 g/mol. The monoisotopic (exact) mass is 486 g/mol. The van der Waals surface area contributed by atoms with Crippen LogP contribution >= 0.6 is 0 Å². The molecular formula is C28H27FN4O3. The summed E-state index contributed by atoms with van der Waals surface area (Å²) in [6, 6.07) is 19.8. The molecule has 4 aromatic rings. The van der Waals surface area contributed by atoms with Crippen molar-refractivity contribution < 1.29 is 18.7 Å². The molecule has 7 nitrogen and oxygen atoms in total. The molecule has 1 atom stereocenters. The summed E-state index contributed by atoms with van der Waals surface area (Å²) in [6.07, 6.45) is 2.14. The van der Waals surface area contributed by atoms with Crippen molar-refractivity contribution in [2.75, 3.05) is 36.5 Å². The Morgan fingerprint density at radius 3 is 2.44 bits per heavy atom. The molecule has 0 aliphatic carbocycles. The number of hydrogen-bond acceptors (Lipinski definition) is 4. The number of halogens is 1. The molecule has 1 saturated heterocycles. The number of amides is 2. The van der Waals surface area contributed by atoms with Gasteiger partial charge in [0.15, 0.2) is 0 Å². The van der Waals surface area contributed by atoms with Crippen LogP contribution in [0, 0.1) is 5.82 Å². The zero-order chi connectivity index (χ0) is 24.9. The van der Waals surface area contributed by atoms with Crippen LogP contribution in [0.5, 0.6) is 0 Å². The number of hydrogen-bond donors (Lipinski definition) is 3. The molecule has 0 radical (unpaired) electrons. The summed E-state index contributed by atoms with van der Waals surface area (Å²) in [4.78, 5) is 31.7. The summed E-state index contributed by atoms with van der Waals surface area (Å²) in [7, 11) is 0. The smallest absolute Gasteiger partial charge is 0.251 e. The SMILES string of the molecule is O=C(N[C@@H](Cc1c[nH]c2ccccc12)C(=O)Nc1ccc(N2CCOCC2)cc1)c1ccc(F)cc1. The lowest BCUT2D eigenvalue weighted by Crippen LogP contribution is -2.45. The first-order valence-electron chi connectivity index (χ1n) is 11.9. The van der Waals surface area contributed by atoms with Crippen molar-refractivity contribution >= 4 is 34.1 Å². The number of aromatic amines is 1. The molecule has 36 heavy (non-hydrogen) atoms. The minimum atomic E-state index is -0.847. The van der Waals surface area contributed by atoms with Crippen LogP contribution in [0.25, 0.3) is 10.9 Å². The van der Waals surface area contributed by atoms with Gasteiger partial charge < -0.3 is 25.3 Å². The standard InChI is InChI=1S/C28H27FN4O3/c29-21-7-5-19(6-8-21)27(34)32-26(17-20-18-30-25-4-2-1-3-24(20)25)28(35)31-22-9-11-23(12-10-22)33-13-15-36-16-14-33/h1-12,18,26,30H,13-17H2,(H,31,35)(H,32,34)/t26-/m0/s1. The van der Waals surface area contributed by atoms with Crippen LogP contribution < -0.4 is 15.5 Å². The fourth-order valence-electron chi connectivity index (χ4n) is 4.38. The van der Waals surface area contributed by atoms with Gasteiger partial charge >= 0.3 is 0 Å². The van der Waals surface area contributed by atoms with E-state index < -0.39 is 17.8 Å². The lowest BCUT2D eigenvalue weighted by Gasteiger charge is -2.29. The van der Waals surface area contributed by atoms with Gasteiger partial charge in [-0.1, -0.05) is 18.2 Å². The Morgan fingerprint density at radius 2 is 1.69 bits per heavy atom. The molecule has 3 N–H and O–H groups in total. The topological polar surface area (TPSA) is 86.5 Å². The maximum absolute atomic E-state index is 13.4. The van der Waals surface area contributed by atoms with Crippen molar-refractivity contribution in [2.45, 2.75) is 12.5 Å². The van der Waals surface area contributed by atoms with Gasteiger partial charge in [-0.05, 0) is 60.2 Å². The second kappa shape index (κ2) is 10.6. The first-order chi connectivity index (χ1) is 17.6. The zero-order valence-corrected chi connectivity index (χ0v) is 19.7. The third kappa shape index (κ3) is 5.39. The summed E-state index contributed by atoms with van der Waals surface area (Å²) in [5.41, 5.74) is 3.85. The third-order valence-electron chi connectivity index (χ3n) is 6.34. The molecule has 1 aliphatic heterocycles. The van der Waals surface area contributed by atoms with Gasteiger partial charge in [0.25, 0.3) is 5.91 Å². The largest absolute Gasteiger partial charge is 0.378 e. The number of para-hydroxylation sites is 1. The van der Waals surface area contributed by atoms with Gasteiger partial charge in [0.2, 0.25) is 5.91 Å². The van der Waals surface area contributed by atoms with Gasteiger partial charge in [-0.3, -0.25) is 9.59 Å². The normalized spacial score (nSPS) is 14.4. The summed E-state index contributed by atoms with van der Waals surface area (Å²) in [5.74, 6) is -1.22. The van der Waals surface area contributed by atoms with E-state index in [9.17, 15) is 14.0 Å². The number of carbonyl (C=O) groups is 2. The minimum Gasteiger partial charge on any atom is -0.378 e. The highest BCUT2D eigenvalue weighted by Gasteiger charge is 2.24. The van der Waals surface area contributed by atoms with Crippen molar-refractivity contribution in [2.24, 2.45) is 0 Å². The highest BCUT2D eigenvalue weighted by Crippen LogP contribution is 2.22. The maximum atomic E-state index is 13.4. The first kappa shape index (κ1) is 23.6. The molecule has 1 fully saturated rings. The van der Waals surface area contributed by atoms with Gasteiger partial charge in [-0.2, -0.15) is 0 Å². The summed E-state index contributed by atoms with van der Waals surface area (Å²) >= 11 is 0. The summed E-state index contributed by atoms with van der Waals surface area (Å²) < 4.78 is 18.7. The quantitative estimate of drug-likeness (QED) is 0.367. The van der Waals surface area contributed by atoms with Crippen LogP contribution in [0.4, 0.5) is 15.8 Å². The Morgan fingerprint density at radius 1 is 0.972 bits per heavy atom. The molecule has 1 aromatic heterocycles. The van der Waals surface area contributed by atoms with E-state index in [0.29, 0.717) is 18.9 Å². The van der Waals surface area contributed by atoms with Crippen molar-refractivity contribution in [3.8, 4) is 0 Å². The van der Waals surface area contributed by atoms with E-state index in [1.54, 1.807) is 0 Å². The molecule has 0 saturated carbocycles. The first-order valence-corrected chi connectivity index (χ1v) is 11.9. The van der Waals surface area contributed by atoms with Crippen LogP contribution in [0.2, 0.25) is 0 Å². The molecule has 1 aliphatic rings. The summed E-state index contributed by atoms with van der Waals surface area (Å²) in [5, 5.41) is 6.75. The molecule has 0 spiro atoms. The van der Waals surface area contributed by atoms with E-state index in [1.807, 2.05) is 54.7 Å². The average molecular weight is 487 g/mol. The maximum Gasteiger partial charge on any atom is 0.251 e. The molecule has 8 heteroatoms. The highest BCUT2D eigenvalue weighted by atomic mass is 19.1. The highest BCUT2D eigenvalue weighted by molar-refractivity contribution is 6.01. The lowest BCUT2D eigenvalue weighted by atomic mass is 10.0. The van der Waals surface area contributed by atoms with E-state index in [1.165, 1.54) is 24.3 Å². The number of benzene rings is 3. The van der Waals surface area contributed by atoms with Gasteiger partial charge in [0.05, 0.1) is 13.2 Å². The van der Waals surface area contributed by atoms with E-state index in [-0.39, 0.29) is 17.9 Å². The Bertz CT molecular complexity index is 1350. The van der Waals surface area contributed by atoms with Crippen LogP contribution in [-0.2, 0) is 16.0 Å². The summed E-state index contributed by atoms with van der Waals surface area (Å²) in [6.45, 7) is 3.05. The molecule has 2 heterocycles. The second-order valence-electron chi connectivity index (χ2n) is 8.73. The Hall–Kier alpha value is -4.17. The molecule has 184 valence electrons. The predicted octanol–water partition coefficient (Wildman–Crippen LogP) is 4.12. The zero-order valence-electron chi connectivity index (χ0n) is 19.7. The number of H-pyrrole nitrogens is 1. The van der Waals surface area contributed by atoms with E-state index in [2.05, 4.69) is 20.5 Å². The van der Waals surface area contributed by atoms with Crippen molar-refractivity contribution in [3.05, 3.63) is 95.9 Å². The number of aromatic nitrogens is 1. The Balaban J connectivity index is 1.34. The van der Waals surface area contributed by atoms with E-state index >= 15 is 0 Å². The third-order valence-corrected chi connectivity index (χ3v) is 6.34. The fourth-order valence-corrected chi connectivity index (χ4v) is 4.38. The van der Waals surface area contributed by atoms with Crippen LogP contribution in [0.15, 0.2) is 79.0 Å². The van der Waals surface area contributed by atoms with Crippen LogP contribution in [0.1, 0.15) is 15.9 Å². The average Bonchev–Trinajstić information content (AvgIpc) is 3.32. The van der Waals surface area contributed by atoms with E-state index in [4.69, 9.17) is 4.74 Å². The molecule has 0 unspecified atom stereocenters. The Labute approximate surface area is 208 Å². The number of anilines is 2. The van der Waals surface area contributed by atoms with Crippen molar-refractivity contribution in [1.29, 1.82) is 0 Å². The molecule has 3 aromatic carbocycles. The number of ether oxygens (including phenoxy) is 1. The van der Waals surface area contributed by atoms with Crippen LogP contribution in [0.3, 0.4) is 0 Å². The number of morpholine rings is 1. The minimum absolute atomic E-state index is 0.281. The van der Waals surface area contributed by atoms with Crippen molar-refractivity contribution in [3.63, 3.8) is 0 Å². The molecule has 2 amide bonds. The lowest BCUT2D eigenvalue weighted by molar-refractivity contribution is -0.118. The van der Waals surface area contributed by atoms with Gasteiger partial charge in [0.1, 0.15) is 11.9 Å². The number of carbonyl (C=O) groups excluding carboxylic acids is 2. The Kier molecular flexibility index (Phi) is 6.95. The second-order valence-corrected chi connectivity index (χ2v) is 8.73. The van der Waals surface area contributed by atoms with Crippen molar-refractivity contribution in [1.82, 2.24) is 10.3 Å². The van der Waals surface area contributed by atoms with Gasteiger partial charge in [-0.25, -0.2) is 4.39 Å². The van der Waals surface area contributed by atoms with E-state index in [0.717, 1.165) is 35.2 Å². The predicted molar refractivity (Wildman–Crippen MR) is 138 cm³/mol.